The summed E-state index contributed by atoms with van der Waals surface area (Å²) in [7, 11) is 0. The number of aromatic nitrogens is 1. The molecule has 4 nitrogen and oxygen atoms in total. The second-order valence-corrected chi connectivity index (χ2v) is 2.92. The van der Waals surface area contributed by atoms with Crippen LogP contribution in [-0.4, -0.2) is 28.6 Å². The zero-order valence-electron chi connectivity index (χ0n) is 7.70. The normalized spacial score (nSPS) is 12.2. The van der Waals surface area contributed by atoms with Crippen molar-refractivity contribution in [1.29, 1.82) is 0 Å². The van der Waals surface area contributed by atoms with E-state index in [-0.39, 0.29) is 18.2 Å². The van der Waals surface area contributed by atoms with Crippen LogP contribution < -0.4 is 5.32 Å². The number of hydrogen-bond acceptors (Lipinski definition) is 3. The molecule has 76 valence electrons. The monoisotopic (exact) mass is 198 g/mol. The molecule has 0 bridgehead atoms. The number of halogens is 1. The zero-order valence-corrected chi connectivity index (χ0v) is 7.70. The maximum Gasteiger partial charge on any atom is 0.251 e. The van der Waals surface area contributed by atoms with Crippen LogP contribution in [0.4, 0.5) is 4.39 Å². The number of carbonyl (C=O) groups is 1. The highest BCUT2D eigenvalue weighted by Crippen LogP contribution is 2.00. The van der Waals surface area contributed by atoms with Crippen molar-refractivity contribution in [2.45, 2.75) is 13.0 Å². The van der Waals surface area contributed by atoms with Crippen molar-refractivity contribution in [2.24, 2.45) is 0 Å². The predicted octanol–water partition coefficient (Wildman–Crippen LogP) is 0.331. The van der Waals surface area contributed by atoms with Crippen molar-refractivity contribution in [1.82, 2.24) is 10.3 Å². The molecule has 1 atom stereocenters. The Hall–Kier alpha value is -1.49. The van der Waals surface area contributed by atoms with Crippen LogP contribution in [0.1, 0.15) is 17.3 Å². The highest BCUT2D eigenvalue weighted by atomic mass is 19.1. The fraction of sp³-hybridized carbons (Fsp3) is 0.333. The van der Waals surface area contributed by atoms with Gasteiger partial charge >= 0.3 is 0 Å². The van der Waals surface area contributed by atoms with Gasteiger partial charge in [0, 0.05) is 23.9 Å². The molecular formula is C9H11FN2O2. The van der Waals surface area contributed by atoms with E-state index in [0.717, 1.165) is 6.07 Å². The first kappa shape index (κ1) is 10.6. The molecule has 14 heavy (non-hydrogen) atoms. The Bertz CT molecular complexity index is 330. The minimum absolute atomic E-state index is 0.153. The summed E-state index contributed by atoms with van der Waals surface area (Å²) in [6.07, 6.45) is 1.22. The number of aliphatic hydroxyl groups excluding tert-OH is 1. The van der Waals surface area contributed by atoms with Gasteiger partial charge in [-0.2, -0.15) is 4.39 Å². The summed E-state index contributed by atoms with van der Waals surface area (Å²) in [5.74, 6) is -1.12. The summed E-state index contributed by atoms with van der Waals surface area (Å²) in [6.45, 7) is 1.49. The average Bonchev–Trinajstić information content (AvgIpc) is 2.17. The third-order valence-electron chi connectivity index (χ3n) is 1.64. The number of aliphatic hydroxyl groups is 1. The molecule has 0 aromatic carbocycles. The van der Waals surface area contributed by atoms with E-state index >= 15 is 0 Å². The summed E-state index contributed by atoms with van der Waals surface area (Å²) >= 11 is 0. The van der Waals surface area contributed by atoms with E-state index in [4.69, 9.17) is 5.11 Å². The Balaban J connectivity index is 2.70. The fourth-order valence-electron chi connectivity index (χ4n) is 0.896. The van der Waals surface area contributed by atoms with Crippen LogP contribution in [0.2, 0.25) is 0 Å². The van der Waals surface area contributed by atoms with Crippen LogP contribution in [0.3, 0.4) is 0 Å². The summed E-state index contributed by atoms with van der Waals surface area (Å²) in [5, 5.41) is 11.2. The molecule has 2 N–H and O–H groups in total. The first-order valence-corrected chi connectivity index (χ1v) is 4.16. The molecule has 1 aromatic heterocycles. The molecule has 0 aliphatic rings. The van der Waals surface area contributed by atoms with E-state index in [1.807, 2.05) is 0 Å². The lowest BCUT2D eigenvalue weighted by Crippen LogP contribution is -2.35. The third-order valence-corrected chi connectivity index (χ3v) is 1.64. The summed E-state index contributed by atoms with van der Waals surface area (Å²) in [4.78, 5) is 14.7. The van der Waals surface area contributed by atoms with Crippen molar-refractivity contribution < 1.29 is 14.3 Å². The maximum atomic E-state index is 12.6. The number of amides is 1. The molecule has 0 aliphatic heterocycles. The molecule has 5 heteroatoms. The lowest BCUT2D eigenvalue weighted by Gasteiger charge is -2.10. The van der Waals surface area contributed by atoms with Gasteiger partial charge in [-0.1, -0.05) is 0 Å². The topological polar surface area (TPSA) is 62.2 Å². The Morgan fingerprint density at radius 1 is 1.79 bits per heavy atom. The van der Waals surface area contributed by atoms with E-state index < -0.39 is 11.9 Å². The molecule has 0 fully saturated rings. The zero-order chi connectivity index (χ0) is 10.6. The first-order valence-electron chi connectivity index (χ1n) is 4.16. The average molecular weight is 198 g/mol. The van der Waals surface area contributed by atoms with Crippen LogP contribution in [0.5, 0.6) is 0 Å². The van der Waals surface area contributed by atoms with Crippen LogP contribution >= 0.6 is 0 Å². The van der Waals surface area contributed by atoms with Gasteiger partial charge in [0.05, 0.1) is 6.61 Å². The van der Waals surface area contributed by atoms with Gasteiger partial charge in [-0.3, -0.25) is 4.79 Å². The van der Waals surface area contributed by atoms with Crippen molar-refractivity contribution in [3.8, 4) is 0 Å². The van der Waals surface area contributed by atoms with Gasteiger partial charge in [-0.25, -0.2) is 4.98 Å². The largest absolute Gasteiger partial charge is 0.394 e. The van der Waals surface area contributed by atoms with Crippen LogP contribution in [0.25, 0.3) is 0 Å². The maximum absolute atomic E-state index is 12.6. The highest BCUT2D eigenvalue weighted by Gasteiger charge is 2.09. The van der Waals surface area contributed by atoms with E-state index in [0.29, 0.717) is 0 Å². The Labute approximate surface area is 80.8 Å². The number of hydrogen-bond donors (Lipinski definition) is 2. The van der Waals surface area contributed by atoms with Gasteiger partial charge in [-0.15, -0.1) is 0 Å². The lowest BCUT2D eigenvalue weighted by molar-refractivity contribution is 0.0921. The number of nitrogens with one attached hydrogen (secondary N) is 1. The van der Waals surface area contributed by atoms with Gasteiger partial charge in [0.15, 0.2) is 0 Å². The predicted molar refractivity (Wildman–Crippen MR) is 48.2 cm³/mol. The quantitative estimate of drug-likeness (QED) is 0.688. The second-order valence-electron chi connectivity index (χ2n) is 2.92. The van der Waals surface area contributed by atoms with Crippen LogP contribution in [-0.2, 0) is 0 Å². The first-order chi connectivity index (χ1) is 6.63. The van der Waals surface area contributed by atoms with Crippen molar-refractivity contribution >= 4 is 5.91 Å². The Morgan fingerprint density at radius 2 is 2.50 bits per heavy atom. The Kier molecular flexibility index (Phi) is 3.53. The van der Waals surface area contributed by atoms with E-state index in [9.17, 15) is 9.18 Å². The second kappa shape index (κ2) is 4.66. The van der Waals surface area contributed by atoms with E-state index in [1.54, 1.807) is 6.92 Å². The molecule has 0 aliphatic carbocycles. The smallest absolute Gasteiger partial charge is 0.251 e. The molecule has 1 rings (SSSR count). The van der Waals surface area contributed by atoms with Crippen LogP contribution in [0, 0.1) is 5.95 Å². The fourth-order valence-corrected chi connectivity index (χ4v) is 0.896. The molecule has 0 saturated heterocycles. The van der Waals surface area contributed by atoms with E-state index in [1.165, 1.54) is 12.3 Å². The van der Waals surface area contributed by atoms with Gasteiger partial charge in [0.2, 0.25) is 5.95 Å². The van der Waals surface area contributed by atoms with Crippen molar-refractivity contribution in [2.75, 3.05) is 6.61 Å². The number of pyridine rings is 1. The van der Waals surface area contributed by atoms with Crippen molar-refractivity contribution in [3.63, 3.8) is 0 Å². The lowest BCUT2D eigenvalue weighted by atomic mass is 10.2. The molecule has 0 radical (unpaired) electrons. The van der Waals surface area contributed by atoms with Gasteiger partial charge < -0.3 is 10.4 Å². The minimum Gasteiger partial charge on any atom is -0.394 e. The molecule has 0 saturated carbocycles. The highest BCUT2D eigenvalue weighted by molar-refractivity contribution is 5.94. The number of nitrogens with zero attached hydrogens (tertiary/aromatic N) is 1. The van der Waals surface area contributed by atoms with Crippen molar-refractivity contribution in [3.05, 3.63) is 29.8 Å². The Morgan fingerprint density at radius 3 is 3.07 bits per heavy atom. The number of rotatable bonds is 3. The molecule has 1 amide bonds. The van der Waals surface area contributed by atoms with E-state index in [2.05, 4.69) is 10.3 Å². The third kappa shape index (κ3) is 2.77. The summed E-state index contributed by atoms with van der Waals surface area (Å²) in [5.41, 5.74) is 0.192. The van der Waals surface area contributed by atoms with Gasteiger partial charge in [0.25, 0.3) is 5.91 Å². The summed E-state index contributed by atoms with van der Waals surface area (Å²) < 4.78 is 12.6. The van der Waals surface area contributed by atoms with Gasteiger partial charge in [-0.05, 0) is 13.0 Å². The molecule has 1 unspecified atom stereocenters. The minimum atomic E-state index is -0.700. The molecule has 1 aromatic rings. The molecule has 0 spiro atoms. The molecular weight excluding hydrogens is 187 g/mol. The SMILES string of the molecule is CC(CO)NC(=O)c1ccnc(F)c1. The van der Waals surface area contributed by atoms with Crippen LogP contribution in [0.15, 0.2) is 18.3 Å². The van der Waals surface area contributed by atoms with Gasteiger partial charge in [0.1, 0.15) is 0 Å². The standard InChI is InChI=1S/C9H11FN2O2/c1-6(5-13)12-9(14)7-2-3-11-8(10)4-7/h2-4,6,13H,5H2,1H3,(H,12,14). The number of carbonyl (C=O) groups excluding carboxylic acids is 1. The molecule has 1 heterocycles. The summed E-state index contributed by atoms with van der Waals surface area (Å²) in [6, 6.07) is 2.10.